The summed E-state index contributed by atoms with van der Waals surface area (Å²) in [6.07, 6.45) is 5.66. The molecule has 8 heteroatoms. The van der Waals surface area contributed by atoms with Crippen LogP contribution in [0, 0.1) is 10.1 Å². The maximum atomic E-state index is 13.5. The number of nitro benzene ring substituents is 1. The summed E-state index contributed by atoms with van der Waals surface area (Å²) in [5, 5.41) is 10.9. The number of non-ortho nitro benzene ring substituents is 1. The highest BCUT2D eigenvalue weighted by atomic mass is 16.6. The first kappa shape index (κ1) is 26.4. The van der Waals surface area contributed by atoms with Gasteiger partial charge in [0.25, 0.3) is 5.69 Å². The van der Waals surface area contributed by atoms with Gasteiger partial charge < -0.3 is 14.4 Å². The molecule has 1 heterocycles. The van der Waals surface area contributed by atoms with Gasteiger partial charge in [-0.25, -0.2) is 0 Å². The molecule has 0 aliphatic carbocycles. The minimum atomic E-state index is -0.467. The summed E-state index contributed by atoms with van der Waals surface area (Å²) in [7, 11) is 1.94. The lowest BCUT2D eigenvalue weighted by Crippen LogP contribution is -2.45. The molecular weight excluding hydrogens is 456 g/mol. The zero-order chi connectivity index (χ0) is 26.1. The Kier molecular flexibility index (Phi) is 9.16. The van der Waals surface area contributed by atoms with Gasteiger partial charge >= 0.3 is 0 Å². The van der Waals surface area contributed by atoms with Crippen LogP contribution in [0.5, 0.6) is 0 Å². The minimum absolute atomic E-state index is 0.0120. The molecule has 8 nitrogen and oxygen atoms in total. The Morgan fingerprint density at radius 3 is 2.31 bits per heavy atom. The van der Waals surface area contributed by atoms with Crippen LogP contribution in [-0.2, 0) is 29.7 Å². The molecule has 0 N–H and O–H groups in total. The van der Waals surface area contributed by atoms with Crippen LogP contribution >= 0.6 is 0 Å². The molecule has 0 saturated carbocycles. The maximum Gasteiger partial charge on any atom is 0.269 e. The molecule has 0 radical (unpaired) electrons. The van der Waals surface area contributed by atoms with E-state index < -0.39 is 4.92 Å². The normalized spacial score (nSPS) is 11.9. The summed E-state index contributed by atoms with van der Waals surface area (Å²) in [5.74, 6) is -0.424. The van der Waals surface area contributed by atoms with Crippen LogP contribution in [0.15, 0.2) is 79.0 Å². The number of benzene rings is 2. The van der Waals surface area contributed by atoms with Crippen molar-refractivity contribution in [2.24, 2.45) is 7.05 Å². The summed E-state index contributed by atoms with van der Waals surface area (Å²) in [6.45, 7) is 4.71. The zero-order valence-corrected chi connectivity index (χ0v) is 20.9. The second-order valence-corrected chi connectivity index (χ2v) is 8.75. The van der Waals surface area contributed by atoms with Crippen LogP contribution in [-0.4, -0.2) is 43.7 Å². The summed E-state index contributed by atoms with van der Waals surface area (Å²) in [5.41, 5.74) is 2.67. The van der Waals surface area contributed by atoms with Crippen molar-refractivity contribution >= 4 is 23.6 Å². The smallest absolute Gasteiger partial charge is 0.269 e. The van der Waals surface area contributed by atoms with Crippen molar-refractivity contribution in [2.75, 3.05) is 6.54 Å². The molecule has 1 atom stereocenters. The highest BCUT2D eigenvalue weighted by molar-refractivity contribution is 5.94. The van der Waals surface area contributed by atoms with E-state index in [9.17, 15) is 19.7 Å². The molecule has 3 aromatic rings. The van der Waals surface area contributed by atoms with Gasteiger partial charge in [-0.3, -0.25) is 19.7 Å². The van der Waals surface area contributed by atoms with E-state index in [1.54, 1.807) is 28.0 Å². The third kappa shape index (κ3) is 7.15. The Bertz CT molecular complexity index is 1200. The van der Waals surface area contributed by atoms with Crippen LogP contribution in [0.1, 0.15) is 37.1 Å². The molecule has 1 aromatic heterocycles. The van der Waals surface area contributed by atoms with Gasteiger partial charge in [0.1, 0.15) is 6.54 Å². The summed E-state index contributed by atoms with van der Waals surface area (Å²) in [6, 6.07) is 19.5. The zero-order valence-electron chi connectivity index (χ0n) is 20.9. The highest BCUT2D eigenvalue weighted by Crippen LogP contribution is 2.15. The Balaban J connectivity index is 1.77. The summed E-state index contributed by atoms with van der Waals surface area (Å²) in [4.78, 5) is 40.4. The number of nitrogens with zero attached hydrogens (tertiary/aromatic N) is 4. The fourth-order valence-electron chi connectivity index (χ4n) is 3.78. The molecular formula is C28H32N4O4. The molecule has 0 bridgehead atoms. The van der Waals surface area contributed by atoms with E-state index >= 15 is 0 Å². The average Bonchev–Trinajstić information content (AvgIpc) is 3.29. The van der Waals surface area contributed by atoms with Crippen LogP contribution < -0.4 is 0 Å². The third-order valence-corrected chi connectivity index (χ3v) is 6.21. The number of aryl methyl sites for hydroxylation is 1. The number of aromatic nitrogens is 1. The van der Waals surface area contributed by atoms with Crippen LogP contribution in [0.25, 0.3) is 6.08 Å². The van der Waals surface area contributed by atoms with Crippen LogP contribution in [0.2, 0.25) is 0 Å². The van der Waals surface area contributed by atoms with Gasteiger partial charge in [-0.15, -0.1) is 0 Å². The number of hydrogen-bond donors (Lipinski definition) is 0. The minimum Gasteiger partial charge on any atom is -0.353 e. The molecule has 0 aliphatic rings. The van der Waals surface area contributed by atoms with Gasteiger partial charge in [-0.1, -0.05) is 37.3 Å². The van der Waals surface area contributed by atoms with E-state index in [1.165, 1.54) is 18.2 Å². The Hall–Kier alpha value is -4.20. The van der Waals surface area contributed by atoms with Gasteiger partial charge in [0.2, 0.25) is 11.8 Å². The molecule has 188 valence electrons. The number of hydrogen-bond acceptors (Lipinski definition) is 4. The molecule has 0 fully saturated rings. The van der Waals surface area contributed by atoms with Gasteiger partial charge in [-0.2, -0.15) is 0 Å². The Labute approximate surface area is 211 Å². The standard InChI is InChI=1S/C28H32N4O4/c1-4-22(2)31(27(33)17-14-23-12-15-25(16-13-23)32(35)36)21-28(34)30(19-24-9-6-5-7-10-24)20-26-11-8-18-29(26)3/h5-18,22H,4,19-21H2,1-3H3. The predicted octanol–water partition coefficient (Wildman–Crippen LogP) is 4.80. The second-order valence-electron chi connectivity index (χ2n) is 8.75. The monoisotopic (exact) mass is 488 g/mol. The maximum absolute atomic E-state index is 13.5. The Morgan fingerprint density at radius 1 is 1.03 bits per heavy atom. The lowest BCUT2D eigenvalue weighted by molar-refractivity contribution is -0.384. The van der Waals surface area contributed by atoms with Crippen molar-refractivity contribution in [1.82, 2.24) is 14.4 Å². The number of rotatable bonds is 11. The number of amides is 2. The van der Waals surface area contributed by atoms with Crippen molar-refractivity contribution in [3.63, 3.8) is 0 Å². The topological polar surface area (TPSA) is 88.7 Å². The largest absolute Gasteiger partial charge is 0.353 e. The second kappa shape index (κ2) is 12.5. The van der Waals surface area contributed by atoms with E-state index in [1.807, 2.05) is 74.1 Å². The SMILES string of the molecule is CCC(C)N(CC(=O)N(Cc1ccccc1)Cc1cccn1C)C(=O)C=Cc1ccc([N+](=O)[O-])cc1. The quantitative estimate of drug-likeness (QED) is 0.220. The lowest BCUT2D eigenvalue weighted by atomic mass is 10.1. The molecule has 36 heavy (non-hydrogen) atoms. The molecule has 0 aliphatic heterocycles. The van der Waals surface area contributed by atoms with Crippen molar-refractivity contribution in [3.05, 3.63) is 106 Å². The number of carbonyl (C=O) groups excluding carboxylic acids is 2. The summed E-state index contributed by atoms with van der Waals surface area (Å²) >= 11 is 0. The lowest BCUT2D eigenvalue weighted by Gasteiger charge is -2.31. The first-order chi connectivity index (χ1) is 17.3. The third-order valence-electron chi connectivity index (χ3n) is 6.21. The molecule has 3 rings (SSSR count). The molecule has 0 saturated heterocycles. The van der Waals surface area contributed by atoms with Gasteiger partial charge in [0.15, 0.2) is 0 Å². The number of nitro groups is 1. The van der Waals surface area contributed by atoms with Crippen molar-refractivity contribution in [1.29, 1.82) is 0 Å². The fourth-order valence-corrected chi connectivity index (χ4v) is 3.78. The summed E-state index contributed by atoms with van der Waals surface area (Å²) < 4.78 is 1.98. The molecule has 1 unspecified atom stereocenters. The molecule has 2 aromatic carbocycles. The average molecular weight is 489 g/mol. The van der Waals surface area contributed by atoms with Gasteiger partial charge in [-0.05, 0) is 54.8 Å². The van der Waals surface area contributed by atoms with E-state index in [2.05, 4.69) is 0 Å². The molecule has 2 amide bonds. The number of carbonyl (C=O) groups is 2. The molecule has 0 spiro atoms. The van der Waals surface area contributed by atoms with Crippen molar-refractivity contribution in [2.45, 2.75) is 39.4 Å². The van der Waals surface area contributed by atoms with Crippen LogP contribution in [0.3, 0.4) is 0 Å². The first-order valence-electron chi connectivity index (χ1n) is 11.9. The Morgan fingerprint density at radius 2 is 1.72 bits per heavy atom. The highest BCUT2D eigenvalue weighted by Gasteiger charge is 2.24. The first-order valence-corrected chi connectivity index (χ1v) is 11.9. The van der Waals surface area contributed by atoms with Crippen molar-refractivity contribution < 1.29 is 14.5 Å². The van der Waals surface area contributed by atoms with Crippen molar-refractivity contribution in [3.8, 4) is 0 Å². The predicted molar refractivity (Wildman–Crippen MR) is 140 cm³/mol. The fraction of sp³-hybridized carbons (Fsp3) is 0.286. The van der Waals surface area contributed by atoms with E-state index in [0.717, 1.165) is 11.3 Å². The van der Waals surface area contributed by atoms with E-state index in [4.69, 9.17) is 0 Å². The van der Waals surface area contributed by atoms with Crippen LogP contribution in [0.4, 0.5) is 5.69 Å². The van der Waals surface area contributed by atoms with E-state index in [0.29, 0.717) is 25.1 Å². The van der Waals surface area contributed by atoms with Gasteiger partial charge in [0.05, 0.1) is 11.5 Å². The van der Waals surface area contributed by atoms with E-state index in [-0.39, 0.29) is 30.1 Å². The van der Waals surface area contributed by atoms with Gasteiger partial charge in [0, 0.05) is 49.7 Å².